The number of nitrogens with one attached hydrogen (secondary N) is 2. The number of esters is 1. The van der Waals surface area contributed by atoms with Crippen molar-refractivity contribution in [1.29, 1.82) is 0 Å². The Labute approximate surface area is 188 Å². The van der Waals surface area contributed by atoms with E-state index in [1.807, 2.05) is 55.5 Å². The molecule has 0 unspecified atom stereocenters. The van der Waals surface area contributed by atoms with Crippen LogP contribution in [0.3, 0.4) is 0 Å². The third-order valence-corrected chi connectivity index (χ3v) is 5.20. The van der Waals surface area contributed by atoms with Crippen molar-refractivity contribution in [2.75, 3.05) is 13.7 Å². The third kappa shape index (κ3) is 5.76. The van der Waals surface area contributed by atoms with Crippen molar-refractivity contribution in [1.82, 2.24) is 10.6 Å². The van der Waals surface area contributed by atoms with E-state index in [0.29, 0.717) is 34.5 Å². The Bertz CT molecular complexity index is 959. The Kier molecular flexibility index (Phi) is 7.89. The highest BCUT2D eigenvalue weighted by Gasteiger charge is 2.31. The summed E-state index contributed by atoms with van der Waals surface area (Å²) in [5, 5.41) is 6.65. The van der Waals surface area contributed by atoms with Crippen LogP contribution < -0.4 is 20.1 Å². The zero-order chi connectivity index (χ0) is 22.2. The minimum absolute atomic E-state index is 0.196. The SMILES string of the molecule is CCCCOc1ccc([C@H]2NC(=S)NC(C)=C2C(=O)OCc2ccccc2)cc1OC. The molecular weight excluding hydrogens is 412 g/mol. The average molecular weight is 441 g/mol. The molecule has 1 heterocycles. The molecule has 0 saturated heterocycles. The number of hydrogen-bond donors (Lipinski definition) is 2. The maximum atomic E-state index is 13.0. The van der Waals surface area contributed by atoms with Gasteiger partial charge in [-0.1, -0.05) is 49.7 Å². The average Bonchev–Trinajstić information content (AvgIpc) is 2.78. The normalized spacial score (nSPS) is 15.7. The first kappa shape index (κ1) is 22.6. The lowest BCUT2D eigenvalue weighted by Gasteiger charge is -2.30. The molecule has 2 aromatic rings. The molecule has 7 heteroatoms. The molecule has 0 aliphatic carbocycles. The van der Waals surface area contributed by atoms with E-state index < -0.39 is 12.0 Å². The summed E-state index contributed by atoms with van der Waals surface area (Å²) < 4.78 is 17.0. The maximum absolute atomic E-state index is 13.0. The molecule has 0 bridgehead atoms. The van der Waals surface area contributed by atoms with Crippen molar-refractivity contribution in [2.24, 2.45) is 0 Å². The highest BCUT2D eigenvalue weighted by Crippen LogP contribution is 2.34. The lowest BCUT2D eigenvalue weighted by molar-refractivity contribution is -0.140. The molecular formula is C24H28N2O4S. The number of hydrogen-bond acceptors (Lipinski definition) is 5. The number of thiocarbonyl (C=S) groups is 1. The van der Waals surface area contributed by atoms with Gasteiger partial charge in [0, 0.05) is 5.70 Å². The lowest BCUT2D eigenvalue weighted by atomic mass is 9.95. The molecule has 0 saturated carbocycles. The zero-order valence-electron chi connectivity index (χ0n) is 18.1. The highest BCUT2D eigenvalue weighted by atomic mass is 32.1. The molecule has 31 heavy (non-hydrogen) atoms. The second kappa shape index (κ2) is 10.8. The monoisotopic (exact) mass is 440 g/mol. The van der Waals surface area contributed by atoms with Gasteiger partial charge in [-0.3, -0.25) is 0 Å². The van der Waals surface area contributed by atoms with Gasteiger partial charge >= 0.3 is 5.97 Å². The van der Waals surface area contributed by atoms with Crippen molar-refractivity contribution in [2.45, 2.75) is 39.3 Å². The number of carbonyl (C=O) groups is 1. The topological polar surface area (TPSA) is 68.8 Å². The van der Waals surface area contributed by atoms with Gasteiger partial charge < -0.3 is 24.8 Å². The number of allylic oxidation sites excluding steroid dienone is 1. The van der Waals surface area contributed by atoms with Gasteiger partial charge in [-0.2, -0.15) is 0 Å². The van der Waals surface area contributed by atoms with Gasteiger partial charge in [0.2, 0.25) is 0 Å². The number of ether oxygens (including phenoxy) is 3. The van der Waals surface area contributed by atoms with Crippen molar-refractivity contribution in [3.8, 4) is 11.5 Å². The Morgan fingerprint density at radius 3 is 2.61 bits per heavy atom. The summed E-state index contributed by atoms with van der Waals surface area (Å²) in [6.45, 7) is 4.75. The number of rotatable bonds is 9. The van der Waals surface area contributed by atoms with Gasteiger partial charge in [0.25, 0.3) is 0 Å². The lowest BCUT2D eigenvalue weighted by Crippen LogP contribution is -2.45. The summed E-state index contributed by atoms with van der Waals surface area (Å²) in [6, 6.07) is 14.8. The largest absolute Gasteiger partial charge is 0.493 e. The summed E-state index contributed by atoms with van der Waals surface area (Å²) >= 11 is 5.33. The first-order valence-corrected chi connectivity index (χ1v) is 10.7. The van der Waals surface area contributed by atoms with E-state index in [0.717, 1.165) is 24.0 Å². The molecule has 3 rings (SSSR count). The van der Waals surface area contributed by atoms with E-state index in [1.54, 1.807) is 7.11 Å². The van der Waals surface area contributed by atoms with Crippen molar-refractivity contribution < 1.29 is 19.0 Å². The summed E-state index contributed by atoms with van der Waals surface area (Å²) in [5.41, 5.74) is 2.89. The molecule has 164 valence electrons. The van der Waals surface area contributed by atoms with E-state index in [-0.39, 0.29) is 6.61 Å². The molecule has 0 fully saturated rings. The van der Waals surface area contributed by atoms with E-state index >= 15 is 0 Å². The van der Waals surface area contributed by atoms with E-state index in [9.17, 15) is 4.79 Å². The Morgan fingerprint density at radius 1 is 1.13 bits per heavy atom. The van der Waals surface area contributed by atoms with Gasteiger partial charge in [0.15, 0.2) is 16.6 Å². The van der Waals surface area contributed by atoms with Crippen LogP contribution in [-0.2, 0) is 16.1 Å². The zero-order valence-corrected chi connectivity index (χ0v) is 18.9. The fourth-order valence-corrected chi connectivity index (χ4v) is 3.60. The Balaban J connectivity index is 1.84. The van der Waals surface area contributed by atoms with Crippen molar-refractivity contribution >= 4 is 23.3 Å². The molecule has 1 atom stereocenters. The predicted molar refractivity (Wildman–Crippen MR) is 124 cm³/mol. The molecule has 2 N–H and O–H groups in total. The smallest absolute Gasteiger partial charge is 0.338 e. The fourth-order valence-electron chi connectivity index (χ4n) is 3.32. The first-order chi connectivity index (χ1) is 15.0. The molecule has 1 aliphatic heterocycles. The summed E-state index contributed by atoms with van der Waals surface area (Å²) in [7, 11) is 1.60. The van der Waals surface area contributed by atoms with Crippen LogP contribution in [0.4, 0.5) is 0 Å². The second-order valence-electron chi connectivity index (χ2n) is 7.24. The minimum Gasteiger partial charge on any atom is -0.493 e. The van der Waals surface area contributed by atoms with Crippen molar-refractivity contribution in [3.63, 3.8) is 0 Å². The molecule has 6 nitrogen and oxygen atoms in total. The predicted octanol–water partition coefficient (Wildman–Crippen LogP) is 4.41. The van der Waals surface area contributed by atoms with Gasteiger partial charge in [-0.05, 0) is 48.8 Å². The Morgan fingerprint density at radius 2 is 1.90 bits per heavy atom. The standard InChI is InChI=1S/C24H28N2O4S/c1-4-5-13-29-19-12-11-18(14-20(19)28-3)22-21(16(2)25-24(31)26-22)23(27)30-15-17-9-7-6-8-10-17/h6-12,14,22H,4-5,13,15H2,1-3H3,(H2,25,26,31)/t22-/m1/s1. The molecule has 0 aromatic heterocycles. The van der Waals surface area contributed by atoms with Gasteiger partial charge in [0.05, 0.1) is 25.3 Å². The summed E-state index contributed by atoms with van der Waals surface area (Å²) in [4.78, 5) is 13.0. The van der Waals surface area contributed by atoms with Crippen molar-refractivity contribution in [3.05, 3.63) is 70.9 Å². The van der Waals surface area contributed by atoms with Crippen LogP contribution in [0.5, 0.6) is 11.5 Å². The van der Waals surface area contributed by atoms with E-state index in [1.165, 1.54) is 0 Å². The quantitative estimate of drug-likeness (QED) is 0.340. The number of carbonyl (C=O) groups excluding carboxylic acids is 1. The number of benzene rings is 2. The van der Waals surface area contributed by atoms with E-state index in [2.05, 4.69) is 17.6 Å². The summed E-state index contributed by atoms with van der Waals surface area (Å²) in [6.07, 6.45) is 2.02. The first-order valence-electron chi connectivity index (χ1n) is 10.3. The molecule has 0 radical (unpaired) electrons. The van der Waals surface area contributed by atoms with Crippen LogP contribution in [-0.4, -0.2) is 24.8 Å². The molecule has 0 amide bonds. The van der Waals surface area contributed by atoms with E-state index in [4.69, 9.17) is 26.4 Å². The maximum Gasteiger partial charge on any atom is 0.338 e. The molecule has 2 aromatic carbocycles. The van der Waals surface area contributed by atoms with Gasteiger partial charge in [-0.25, -0.2) is 4.79 Å². The van der Waals surface area contributed by atoms with Crippen LogP contribution >= 0.6 is 12.2 Å². The minimum atomic E-state index is -0.462. The molecule has 0 spiro atoms. The fraction of sp³-hybridized carbons (Fsp3) is 0.333. The molecule has 1 aliphatic rings. The van der Waals surface area contributed by atoms with Crippen LogP contribution in [0, 0.1) is 0 Å². The number of unbranched alkanes of at least 4 members (excludes halogenated alkanes) is 1. The Hall–Kier alpha value is -3.06. The van der Waals surface area contributed by atoms with Crippen LogP contribution in [0.1, 0.15) is 43.9 Å². The van der Waals surface area contributed by atoms with Gasteiger partial charge in [-0.15, -0.1) is 0 Å². The summed E-state index contributed by atoms with van der Waals surface area (Å²) in [5.74, 6) is 0.871. The third-order valence-electron chi connectivity index (χ3n) is 4.98. The van der Waals surface area contributed by atoms with Crippen LogP contribution in [0.25, 0.3) is 0 Å². The van der Waals surface area contributed by atoms with Gasteiger partial charge in [0.1, 0.15) is 6.61 Å². The van der Waals surface area contributed by atoms with Crippen LogP contribution in [0.2, 0.25) is 0 Å². The second-order valence-corrected chi connectivity index (χ2v) is 7.65. The highest BCUT2D eigenvalue weighted by molar-refractivity contribution is 7.80. The number of methoxy groups -OCH3 is 1. The van der Waals surface area contributed by atoms with Crippen LogP contribution in [0.15, 0.2) is 59.8 Å².